The van der Waals surface area contributed by atoms with Crippen LogP contribution in [0.15, 0.2) is 81.1 Å². The molecule has 3 aromatic heterocycles. The number of halogens is 1. The number of hydrogen-bond donors (Lipinski definition) is 0. The molecule has 0 bridgehead atoms. The van der Waals surface area contributed by atoms with Crippen molar-refractivity contribution in [1.29, 1.82) is 0 Å². The van der Waals surface area contributed by atoms with E-state index in [4.69, 9.17) is 30.2 Å². The van der Waals surface area contributed by atoms with Gasteiger partial charge in [0.2, 0.25) is 0 Å². The lowest BCUT2D eigenvalue weighted by molar-refractivity contribution is 0.164. The van der Waals surface area contributed by atoms with Crippen molar-refractivity contribution in [3.05, 3.63) is 104 Å². The van der Waals surface area contributed by atoms with Crippen LogP contribution in [-0.2, 0) is 5.75 Å². The molecule has 0 unspecified atom stereocenters. The van der Waals surface area contributed by atoms with Crippen LogP contribution >= 0.6 is 23.4 Å². The molecule has 1 aliphatic heterocycles. The molecule has 0 aliphatic carbocycles. The van der Waals surface area contributed by atoms with Crippen molar-refractivity contribution in [3.8, 4) is 28.7 Å². The zero-order valence-corrected chi connectivity index (χ0v) is 24.3. The molecule has 41 heavy (non-hydrogen) atoms. The average molecular weight is 587 g/mol. The Morgan fingerprint density at radius 1 is 1.05 bits per heavy atom. The van der Waals surface area contributed by atoms with Crippen LogP contribution in [0.2, 0.25) is 5.15 Å². The predicted molar refractivity (Wildman–Crippen MR) is 160 cm³/mol. The Labute approximate surface area is 246 Å². The third kappa shape index (κ3) is 5.62. The highest BCUT2D eigenvalue weighted by atomic mass is 35.5. The van der Waals surface area contributed by atoms with Crippen LogP contribution in [0, 0.1) is 13.8 Å². The third-order valence-corrected chi connectivity index (χ3v) is 8.06. The Morgan fingerprint density at radius 3 is 2.68 bits per heavy atom. The van der Waals surface area contributed by atoms with Crippen molar-refractivity contribution in [2.45, 2.75) is 37.7 Å². The van der Waals surface area contributed by atoms with E-state index in [1.54, 1.807) is 37.0 Å². The number of rotatable bonds is 7. The SMILES string of the molecule is Cc1cc([C@@H](C)Oc2ccc(Cl)nc2SCc2ccccc2)c2oc(-c3cnc4c(c3)OCCO4)c(C)c(=O)c2c1. The second-order valence-corrected chi connectivity index (χ2v) is 11.2. The maximum absolute atomic E-state index is 13.6. The van der Waals surface area contributed by atoms with Gasteiger partial charge in [-0.1, -0.05) is 53.7 Å². The number of hydrogen-bond acceptors (Lipinski definition) is 8. The second-order valence-electron chi connectivity index (χ2n) is 9.81. The van der Waals surface area contributed by atoms with Crippen molar-refractivity contribution in [1.82, 2.24) is 9.97 Å². The zero-order chi connectivity index (χ0) is 28.5. The standard InChI is InChI=1S/C32H27ClN2O5S/c1-18-13-23(20(3)39-25-9-10-27(33)35-32(25)41-17-21-7-5-4-6-8-21)30-24(14-18)28(36)19(2)29(40-30)22-15-26-31(34-16-22)38-12-11-37-26/h4-10,13-16,20H,11-12,17H2,1-3H3/t20-/m1/s1. The van der Waals surface area contributed by atoms with Crippen LogP contribution in [0.1, 0.15) is 35.3 Å². The summed E-state index contributed by atoms with van der Waals surface area (Å²) in [6.07, 6.45) is 1.17. The van der Waals surface area contributed by atoms with E-state index in [1.165, 1.54) is 5.56 Å². The van der Waals surface area contributed by atoms with E-state index >= 15 is 0 Å². The number of aryl methyl sites for hydroxylation is 1. The fraction of sp³-hybridized carbons (Fsp3) is 0.219. The summed E-state index contributed by atoms with van der Waals surface area (Å²) in [6.45, 7) is 6.52. The van der Waals surface area contributed by atoms with Crippen molar-refractivity contribution in [3.63, 3.8) is 0 Å². The highest BCUT2D eigenvalue weighted by molar-refractivity contribution is 7.98. The Morgan fingerprint density at radius 2 is 1.85 bits per heavy atom. The molecule has 208 valence electrons. The topological polar surface area (TPSA) is 83.7 Å². The molecule has 0 amide bonds. The first kappa shape index (κ1) is 27.2. The average Bonchev–Trinajstić information content (AvgIpc) is 2.99. The molecule has 7 nitrogen and oxygen atoms in total. The first-order valence-electron chi connectivity index (χ1n) is 13.2. The van der Waals surface area contributed by atoms with Crippen molar-refractivity contribution < 1.29 is 18.6 Å². The third-order valence-electron chi connectivity index (χ3n) is 6.80. The molecule has 1 aliphatic rings. The molecule has 1 atom stereocenters. The maximum atomic E-state index is 13.6. The minimum atomic E-state index is -0.464. The molecule has 4 heterocycles. The minimum Gasteiger partial charge on any atom is -0.484 e. The van der Waals surface area contributed by atoms with E-state index in [1.807, 2.05) is 50.2 Å². The van der Waals surface area contributed by atoms with Crippen molar-refractivity contribution in [2.24, 2.45) is 0 Å². The van der Waals surface area contributed by atoms with Crippen molar-refractivity contribution >= 4 is 34.3 Å². The van der Waals surface area contributed by atoms with Gasteiger partial charge in [-0.3, -0.25) is 4.79 Å². The molecule has 2 aromatic carbocycles. The number of ether oxygens (including phenoxy) is 3. The molecule has 0 saturated carbocycles. The fourth-order valence-electron chi connectivity index (χ4n) is 4.78. The maximum Gasteiger partial charge on any atom is 0.257 e. The molecule has 0 saturated heterocycles. The van der Waals surface area contributed by atoms with Gasteiger partial charge >= 0.3 is 0 Å². The lowest BCUT2D eigenvalue weighted by Gasteiger charge is -2.20. The molecular weight excluding hydrogens is 560 g/mol. The fourth-order valence-corrected chi connectivity index (χ4v) is 5.90. The minimum absolute atomic E-state index is 0.111. The van der Waals surface area contributed by atoms with Gasteiger partial charge in [-0.2, -0.15) is 0 Å². The molecule has 0 radical (unpaired) electrons. The predicted octanol–water partition coefficient (Wildman–Crippen LogP) is 7.72. The van der Waals surface area contributed by atoms with Crippen LogP contribution in [0.4, 0.5) is 0 Å². The number of benzene rings is 2. The number of thioether (sulfide) groups is 1. The molecule has 0 fully saturated rings. The number of aromatic nitrogens is 2. The highest BCUT2D eigenvalue weighted by Gasteiger charge is 2.23. The molecule has 6 rings (SSSR count). The zero-order valence-electron chi connectivity index (χ0n) is 22.8. The lowest BCUT2D eigenvalue weighted by atomic mass is 10.00. The summed E-state index contributed by atoms with van der Waals surface area (Å²) < 4.78 is 24.2. The van der Waals surface area contributed by atoms with Gasteiger partial charge in [-0.25, -0.2) is 9.97 Å². The second kappa shape index (κ2) is 11.5. The Bertz CT molecular complexity index is 1810. The normalized spacial score (nSPS) is 13.3. The molecule has 9 heteroatoms. The van der Waals surface area contributed by atoms with Crippen LogP contribution < -0.4 is 19.6 Å². The van der Waals surface area contributed by atoms with Gasteiger partial charge < -0.3 is 18.6 Å². The van der Waals surface area contributed by atoms with Gasteiger partial charge in [0.05, 0.1) is 5.39 Å². The van der Waals surface area contributed by atoms with Gasteiger partial charge in [0.25, 0.3) is 5.88 Å². The summed E-state index contributed by atoms with van der Waals surface area (Å²) in [5.41, 5.74) is 4.31. The van der Waals surface area contributed by atoms with Crippen LogP contribution in [0.5, 0.6) is 17.4 Å². The number of nitrogens with zero attached hydrogens (tertiary/aromatic N) is 2. The number of fused-ring (bicyclic) bond motifs is 2. The van der Waals surface area contributed by atoms with E-state index in [9.17, 15) is 4.79 Å². The Balaban J connectivity index is 1.38. The molecule has 0 spiro atoms. The van der Waals surface area contributed by atoms with Crippen molar-refractivity contribution in [2.75, 3.05) is 13.2 Å². The lowest BCUT2D eigenvalue weighted by Crippen LogP contribution is -2.16. The smallest absolute Gasteiger partial charge is 0.257 e. The highest BCUT2D eigenvalue weighted by Crippen LogP contribution is 2.38. The van der Waals surface area contributed by atoms with E-state index in [-0.39, 0.29) is 5.43 Å². The Kier molecular flexibility index (Phi) is 7.60. The van der Waals surface area contributed by atoms with E-state index in [2.05, 4.69) is 22.1 Å². The van der Waals surface area contributed by atoms with E-state index in [0.29, 0.717) is 74.4 Å². The van der Waals surface area contributed by atoms with Crippen LogP contribution in [-0.4, -0.2) is 23.2 Å². The number of pyridine rings is 2. The van der Waals surface area contributed by atoms with E-state index in [0.717, 1.165) is 11.1 Å². The largest absolute Gasteiger partial charge is 0.484 e. The van der Waals surface area contributed by atoms with Crippen LogP contribution in [0.3, 0.4) is 0 Å². The van der Waals surface area contributed by atoms with Crippen LogP contribution in [0.25, 0.3) is 22.3 Å². The van der Waals surface area contributed by atoms with Gasteiger partial charge in [-0.15, -0.1) is 0 Å². The van der Waals surface area contributed by atoms with Gasteiger partial charge in [0.1, 0.15) is 40.8 Å². The molecular formula is C32H27ClN2O5S. The molecule has 0 N–H and O–H groups in total. The van der Waals surface area contributed by atoms with Gasteiger partial charge in [0.15, 0.2) is 16.9 Å². The first-order valence-corrected chi connectivity index (χ1v) is 14.6. The summed E-state index contributed by atoms with van der Waals surface area (Å²) >= 11 is 7.80. The van der Waals surface area contributed by atoms with E-state index < -0.39 is 6.10 Å². The summed E-state index contributed by atoms with van der Waals surface area (Å²) in [7, 11) is 0. The van der Waals surface area contributed by atoms with Gasteiger partial charge in [0, 0.05) is 28.6 Å². The molecule has 5 aromatic rings. The summed E-state index contributed by atoms with van der Waals surface area (Å²) in [4.78, 5) is 22.5. The summed E-state index contributed by atoms with van der Waals surface area (Å²) in [6, 6.07) is 19.3. The Hall–Kier alpha value is -4.01. The summed E-state index contributed by atoms with van der Waals surface area (Å²) in [5.74, 6) is 2.69. The van der Waals surface area contributed by atoms with Gasteiger partial charge in [-0.05, 0) is 62.2 Å². The quantitative estimate of drug-likeness (QED) is 0.141. The summed E-state index contributed by atoms with van der Waals surface area (Å²) in [5, 5.41) is 1.57. The monoisotopic (exact) mass is 586 g/mol. The first-order chi connectivity index (χ1) is 19.9.